The average molecular weight is 429 g/mol. The minimum atomic E-state index is -0.264. The number of carbonyl (C=O) groups excluding carboxylic acids is 2. The highest BCUT2D eigenvalue weighted by molar-refractivity contribution is 5.94. The molecule has 0 aliphatic carbocycles. The second-order valence-electron chi connectivity index (χ2n) is 8.04. The van der Waals surface area contributed by atoms with Crippen LogP contribution in [0.2, 0.25) is 0 Å². The van der Waals surface area contributed by atoms with Crippen molar-refractivity contribution in [3.8, 4) is 0 Å². The second kappa shape index (κ2) is 10.0. The van der Waals surface area contributed by atoms with Crippen LogP contribution in [-0.2, 0) is 13.1 Å². The van der Waals surface area contributed by atoms with Crippen molar-refractivity contribution in [3.05, 3.63) is 95.6 Å². The van der Waals surface area contributed by atoms with Crippen LogP contribution >= 0.6 is 0 Å². The van der Waals surface area contributed by atoms with Crippen LogP contribution in [0.3, 0.4) is 0 Å². The number of hydrogen-bond acceptors (Lipinski definition) is 2. The lowest BCUT2D eigenvalue weighted by molar-refractivity contribution is 0.192. The Morgan fingerprint density at radius 2 is 1.66 bits per heavy atom. The number of aryl methyl sites for hydroxylation is 1. The molecule has 0 bridgehead atoms. The predicted molar refractivity (Wildman–Crippen MR) is 128 cm³/mol. The number of nitrogens with zero attached hydrogens (tertiary/aromatic N) is 2. The molecule has 4 rings (SSSR count). The summed E-state index contributed by atoms with van der Waals surface area (Å²) in [6, 6.07) is 25.2. The Balaban J connectivity index is 1.34. The molecular formula is C26H28N4O2. The normalized spacial score (nSPS) is 13.7. The lowest BCUT2D eigenvalue weighted by Gasteiger charge is -2.35. The van der Waals surface area contributed by atoms with Gasteiger partial charge in [-0.25, -0.2) is 9.59 Å². The van der Waals surface area contributed by atoms with E-state index in [0.29, 0.717) is 25.3 Å². The summed E-state index contributed by atoms with van der Waals surface area (Å²) in [5.41, 5.74) is 4.89. The number of nitrogens with one attached hydrogen (secondary N) is 2. The largest absolute Gasteiger partial charge is 0.334 e. The van der Waals surface area contributed by atoms with E-state index in [-0.39, 0.29) is 12.1 Å². The van der Waals surface area contributed by atoms with E-state index in [9.17, 15) is 9.59 Å². The van der Waals surface area contributed by atoms with Gasteiger partial charge in [-0.3, -0.25) is 4.90 Å². The lowest BCUT2D eigenvalue weighted by Crippen LogP contribution is -2.49. The molecule has 0 saturated carbocycles. The smallest absolute Gasteiger partial charge is 0.324 e. The summed E-state index contributed by atoms with van der Waals surface area (Å²) >= 11 is 0. The standard InChI is InChI=1S/C26H28N4O2/c1-20-7-5-10-22(17-20)19-29-15-6-16-30(26(29)32)24-13-11-23(12-14-24)28-25(31)27-18-21-8-3-2-4-9-21/h2-5,7-14,17H,6,15-16,18-19H2,1H3,(H2,27,28,31). The van der Waals surface area contributed by atoms with Crippen LogP contribution in [0, 0.1) is 6.92 Å². The first-order valence-electron chi connectivity index (χ1n) is 10.9. The summed E-state index contributed by atoms with van der Waals surface area (Å²) in [4.78, 5) is 28.9. The van der Waals surface area contributed by atoms with Crippen LogP contribution in [0.1, 0.15) is 23.1 Å². The second-order valence-corrected chi connectivity index (χ2v) is 8.04. The zero-order chi connectivity index (χ0) is 22.3. The van der Waals surface area contributed by atoms with Crippen molar-refractivity contribution in [1.29, 1.82) is 0 Å². The van der Waals surface area contributed by atoms with Gasteiger partial charge < -0.3 is 15.5 Å². The molecule has 164 valence electrons. The zero-order valence-electron chi connectivity index (χ0n) is 18.3. The van der Waals surface area contributed by atoms with Crippen molar-refractivity contribution in [2.45, 2.75) is 26.4 Å². The molecule has 3 aromatic carbocycles. The van der Waals surface area contributed by atoms with Gasteiger partial charge in [-0.2, -0.15) is 0 Å². The molecule has 6 nitrogen and oxygen atoms in total. The highest BCUT2D eigenvalue weighted by Crippen LogP contribution is 2.23. The molecule has 1 heterocycles. The van der Waals surface area contributed by atoms with E-state index in [0.717, 1.165) is 29.8 Å². The molecule has 0 spiro atoms. The molecular weight excluding hydrogens is 400 g/mol. The van der Waals surface area contributed by atoms with Crippen molar-refractivity contribution in [2.75, 3.05) is 23.3 Å². The summed E-state index contributed by atoms with van der Waals surface area (Å²) in [5, 5.41) is 5.68. The van der Waals surface area contributed by atoms with E-state index >= 15 is 0 Å². The first-order valence-corrected chi connectivity index (χ1v) is 10.9. The van der Waals surface area contributed by atoms with Gasteiger partial charge in [0.15, 0.2) is 0 Å². The monoisotopic (exact) mass is 428 g/mol. The first kappa shape index (κ1) is 21.4. The van der Waals surface area contributed by atoms with E-state index < -0.39 is 0 Å². The number of benzene rings is 3. The molecule has 1 aliphatic rings. The summed E-state index contributed by atoms with van der Waals surface area (Å²) in [7, 11) is 0. The molecule has 0 radical (unpaired) electrons. The molecule has 1 saturated heterocycles. The van der Waals surface area contributed by atoms with Gasteiger partial charge >= 0.3 is 12.1 Å². The predicted octanol–water partition coefficient (Wildman–Crippen LogP) is 5.15. The Hall–Kier alpha value is -3.80. The lowest BCUT2D eigenvalue weighted by atomic mass is 10.1. The average Bonchev–Trinajstić information content (AvgIpc) is 2.81. The third-order valence-electron chi connectivity index (χ3n) is 5.50. The Bertz CT molecular complexity index is 1070. The van der Waals surface area contributed by atoms with E-state index in [2.05, 4.69) is 35.8 Å². The third-order valence-corrected chi connectivity index (χ3v) is 5.50. The minimum Gasteiger partial charge on any atom is -0.334 e. The topological polar surface area (TPSA) is 64.7 Å². The fourth-order valence-corrected chi connectivity index (χ4v) is 3.88. The first-order chi connectivity index (χ1) is 15.6. The molecule has 0 unspecified atom stereocenters. The van der Waals surface area contributed by atoms with Crippen molar-refractivity contribution in [2.24, 2.45) is 0 Å². The maximum Gasteiger partial charge on any atom is 0.324 e. The molecule has 1 aliphatic heterocycles. The molecule has 0 atom stereocenters. The highest BCUT2D eigenvalue weighted by Gasteiger charge is 2.26. The number of amides is 4. The molecule has 4 amide bonds. The highest BCUT2D eigenvalue weighted by atomic mass is 16.2. The summed E-state index contributed by atoms with van der Waals surface area (Å²) in [5.74, 6) is 0. The molecule has 6 heteroatoms. The Morgan fingerprint density at radius 1 is 0.906 bits per heavy atom. The quantitative estimate of drug-likeness (QED) is 0.570. The summed E-state index contributed by atoms with van der Waals surface area (Å²) in [6.45, 7) is 4.57. The van der Waals surface area contributed by atoms with E-state index in [1.165, 1.54) is 5.56 Å². The van der Waals surface area contributed by atoms with Crippen LogP contribution in [-0.4, -0.2) is 30.1 Å². The van der Waals surface area contributed by atoms with Gasteiger partial charge in [0.25, 0.3) is 0 Å². The maximum absolute atomic E-state index is 13.1. The van der Waals surface area contributed by atoms with E-state index in [1.807, 2.05) is 65.6 Å². The Kier molecular flexibility index (Phi) is 6.70. The van der Waals surface area contributed by atoms with Crippen LogP contribution in [0.4, 0.5) is 21.0 Å². The van der Waals surface area contributed by atoms with E-state index in [1.54, 1.807) is 4.90 Å². The van der Waals surface area contributed by atoms with Crippen molar-refractivity contribution >= 4 is 23.4 Å². The van der Waals surface area contributed by atoms with Gasteiger partial charge in [-0.15, -0.1) is 0 Å². The Labute approximate surface area is 188 Å². The molecule has 32 heavy (non-hydrogen) atoms. The van der Waals surface area contributed by atoms with Crippen LogP contribution in [0.25, 0.3) is 0 Å². The maximum atomic E-state index is 13.1. The van der Waals surface area contributed by atoms with Crippen LogP contribution < -0.4 is 15.5 Å². The van der Waals surface area contributed by atoms with Gasteiger partial charge in [0.05, 0.1) is 0 Å². The summed E-state index contributed by atoms with van der Waals surface area (Å²) < 4.78 is 0. The van der Waals surface area contributed by atoms with Gasteiger partial charge in [0.1, 0.15) is 0 Å². The number of anilines is 2. The van der Waals surface area contributed by atoms with Gasteiger partial charge in [-0.1, -0.05) is 60.2 Å². The van der Waals surface area contributed by atoms with Crippen molar-refractivity contribution in [3.63, 3.8) is 0 Å². The fraction of sp³-hybridized carbons (Fsp3) is 0.231. The number of rotatable bonds is 6. The number of carbonyl (C=O) groups is 2. The van der Waals surface area contributed by atoms with E-state index in [4.69, 9.17) is 0 Å². The fourth-order valence-electron chi connectivity index (χ4n) is 3.88. The molecule has 1 fully saturated rings. The molecule has 3 aromatic rings. The van der Waals surface area contributed by atoms with Crippen LogP contribution in [0.5, 0.6) is 0 Å². The minimum absolute atomic E-state index is 0.0130. The van der Waals surface area contributed by atoms with Gasteiger partial charge in [0, 0.05) is 37.6 Å². The molecule has 2 N–H and O–H groups in total. The summed E-state index contributed by atoms with van der Waals surface area (Å²) in [6.07, 6.45) is 0.916. The van der Waals surface area contributed by atoms with Crippen LogP contribution in [0.15, 0.2) is 78.9 Å². The van der Waals surface area contributed by atoms with Gasteiger partial charge in [-0.05, 0) is 48.7 Å². The Morgan fingerprint density at radius 3 is 2.41 bits per heavy atom. The molecule has 0 aromatic heterocycles. The van der Waals surface area contributed by atoms with Crippen molar-refractivity contribution < 1.29 is 9.59 Å². The number of urea groups is 2. The third kappa shape index (κ3) is 5.46. The van der Waals surface area contributed by atoms with Crippen molar-refractivity contribution in [1.82, 2.24) is 10.2 Å². The SMILES string of the molecule is Cc1cccc(CN2CCCN(c3ccc(NC(=O)NCc4ccccc4)cc3)C2=O)c1. The van der Waals surface area contributed by atoms with Gasteiger partial charge in [0.2, 0.25) is 0 Å². The zero-order valence-corrected chi connectivity index (χ0v) is 18.3. The number of hydrogen-bond donors (Lipinski definition) is 2.